The molecule has 2 aromatic rings. The monoisotopic (exact) mass is 392 g/mol. The van der Waals surface area contributed by atoms with Gasteiger partial charge in [0.05, 0.1) is 5.69 Å². The highest BCUT2D eigenvalue weighted by Gasteiger charge is 2.29. The van der Waals surface area contributed by atoms with Gasteiger partial charge in [-0.2, -0.15) is 5.10 Å². The molecule has 2 fully saturated rings. The molecule has 0 N–H and O–H groups in total. The van der Waals surface area contributed by atoms with Crippen LogP contribution in [0.4, 0.5) is 0 Å². The van der Waals surface area contributed by atoms with Crippen LogP contribution in [0.2, 0.25) is 0 Å². The van der Waals surface area contributed by atoms with Crippen molar-refractivity contribution in [2.45, 2.75) is 31.7 Å². The van der Waals surface area contributed by atoms with Crippen molar-refractivity contribution in [1.29, 1.82) is 0 Å². The smallest absolute Gasteiger partial charge is 0.267 e. The number of carbonyl (C=O) groups excluding carboxylic acids is 1. The van der Waals surface area contributed by atoms with Gasteiger partial charge in [0.1, 0.15) is 6.04 Å². The maximum atomic E-state index is 12.9. The second kappa shape index (κ2) is 8.74. The van der Waals surface area contributed by atoms with E-state index in [4.69, 9.17) is 0 Å². The van der Waals surface area contributed by atoms with E-state index in [1.165, 1.54) is 10.2 Å². The minimum Gasteiger partial charge on any atom is -0.338 e. The second-order valence-corrected chi connectivity index (χ2v) is 7.93. The van der Waals surface area contributed by atoms with Gasteiger partial charge in [-0.05, 0) is 31.4 Å². The molecular formula is C23H28N4O2. The first-order valence-corrected chi connectivity index (χ1v) is 10.4. The van der Waals surface area contributed by atoms with Crippen LogP contribution in [0, 0.1) is 0 Å². The average molecular weight is 393 g/mol. The van der Waals surface area contributed by atoms with Gasteiger partial charge in [-0.25, -0.2) is 4.68 Å². The lowest BCUT2D eigenvalue weighted by atomic mass is 10.2. The average Bonchev–Trinajstić information content (AvgIpc) is 3.60. The number of piperazine rings is 1. The van der Waals surface area contributed by atoms with Gasteiger partial charge in [0, 0.05) is 44.7 Å². The predicted molar refractivity (Wildman–Crippen MR) is 114 cm³/mol. The molecule has 1 aromatic heterocycles. The number of aromatic nitrogens is 2. The molecule has 1 saturated heterocycles. The Bertz CT molecular complexity index is 925. The zero-order valence-corrected chi connectivity index (χ0v) is 16.9. The van der Waals surface area contributed by atoms with Gasteiger partial charge >= 0.3 is 0 Å². The molecule has 0 unspecified atom stereocenters. The predicted octanol–water partition coefficient (Wildman–Crippen LogP) is 2.54. The van der Waals surface area contributed by atoms with Crippen molar-refractivity contribution < 1.29 is 4.79 Å². The summed E-state index contributed by atoms with van der Waals surface area (Å²) in [5, 5.41) is 4.47. The van der Waals surface area contributed by atoms with Crippen LogP contribution in [0.25, 0.3) is 6.08 Å². The Morgan fingerprint density at radius 3 is 2.52 bits per heavy atom. The summed E-state index contributed by atoms with van der Waals surface area (Å²) >= 11 is 0. The summed E-state index contributed by atoms with van der Waals surface area (Å²) in [5.74, 6) is 0.434. The van der Waals surface area contributed by atoms with Crippen molar-refractivity contribution in [2.24, 2.45) is 0 Å². The van der Waals surface area contributed by atoms with Crippen molar-refractivity contribution >= 4 is 12.0 Å². The van der Waals surface area contributed by atoms with E-state index >= 15 is 0 Å². The van der Waals surface area contributed by atoms with E-state index in [1.807, 2.05) is 23.1 Å². The third-order valence-electron chi connectivity index (χ3n) is 5.72. The molecule has 4 rings (SSSR count). The number of carbonyl (C=O) groups is 1. The van der Waals surface area contributed by atoms with Gasteiger partial charge in [-0.15, -0.1) is 0 Å². The first-order chi connectivity index (χ1) is 14.1. The van der Waals surface area contributed by atoms with Crippen molar-refractivity contribution in [3.63, 3.8) is 0 Å². The van der Waals surface area contributed by atoms with Crippen LogP contribution in [0.15, 0.2) is 53.3 Å². The summed E-state index contributed by atoms with van der Waals surface area (Å²) in [5.41, 5.74) is 1.92. The van der Waals surface area contributed by atoms with Gasteiger partial charge in [0.2, 0.25) is 5.91 Å². The van der Waals surface area contributed by atoms with Crippen molar-refractivity contribution in [3.8, 4) is 0 Å². The molecule has 29 heavy (non-hydrogen) atoms. The van der Waals surface area contributed by atoms with Crippen molar-refractivity contribution in [2.75, 3.05) is 32.7 Å². The standard InChI is InChI=1S/C23H28N4O2/c1-18(27-22(28)12-11-21(24-27)20-9-10-20)23(29)26-16-14-25(15-17-26)13-5-8-19-6-3-2-4-7-19/h2-8,11-12,18,20H,9-10,13-17H2,1H3/b8-5+/t18-/m0/s1. The summed E-state index contributed by atoms with van der Waals surface area (Å²) in [7, 11) is 0. The van der Waals surface area contributed by atoms with Gasteiger partial charge < -0.3 is 4.90 Å². The number of nitrogens with zero attached hydrogens (tertiary/aromatic N) is 4. The number of amides is 1. The molecule has 0 spiro atoms. The Hall–Kier alpha value is -2.73. The largest absolute Gasteiger partial charge is 0.338 e. The van der Waals surface area contributed by atoms with Crippen LogP contribution in [-0.4, -0.2) is 58.2 Å². The Morgan fingerprint density at radius 1 is 1.10 bits per heavy atom. The minimum atomic E-state index is -0.564. The van der Waals surface area contributed by atoms with E-state index in [0.29, 0.717) is 19.0 Å². The van der Waals surface area contributed by atoms with Crippen molar-refractivity contribution in [1.82, 2.24) is 19.6 Å². The highest BCUT2D eigenvalue weighted by molar-refractivity contribution is 5.80. The van der Waals surface area contributed by atoms with Crippen LogP contribution in [-0.2, 0) is 4.79 Å². The lowest BCUT2D eigenvalue weighted by molar-refractivity contribution is -0.136. The third kappa shape index (κ3) is 4.82. The topological polar surface area (TPSA) is 58.4 Å². The number of benzene rings is 1. The molecule has 2 heterocycles. The summed E-state index contributed by atoms with van der Waals surface area (Å²) in [6.07, 6.45) is 6.54. The van der Waals surface area contributed by atoms with Crippen LogP contribution >= 0.6 is 0 Å². The van der Waals surface area contributed by atoms with Gasteiger partial charge in [-0.3, -0.25) is 14.5 Å². The second-order valence-electron chi connectivity index (χ2n) is 7.93. The van der Waals surface area contributed by atoms with E-state index in [1.54, 1.807) is 19.1 Å². The Balaban J connectivity index is 1.31. The van der Waals surface area contributed by atoms with E-state index in [9.17, 15) is 9.59 Å². The number of hydrogen-bond acceptors (Lipinski definition) is 4. The van der Waals surface area contributed by atoms with Crippen LogP contribution in [0.3, 0.4) is 0 Å². The Morgan fingerprint density at radius 2 is 1.83 bits per heavy atom. The lowest BCUT2D eigenvalue weighted by Crippen LogP contribution is -2.51. The molecule has 1 atom stereocenters. The molecule has 1 aromatic carbocycles. The fourth-order valence-corrected chi connectivity index (χ4v) is 3.74. The number of rotatable bonds is 6. The SMILES string of the molecule is C[C@@H](C(=O)N1CCN(C/C=C/c2ccccc2)CC1)n1nc(C2CC2)ccc1=O. The number of hydrogen-bond donors (Lipinski definition) is 0. The van der Waals surface area contributed by atoms with Crippen LogP contribution < -0.4 is 5.56 Å². The minimum absolute atomic E-state index is 0.0213. The van der Waals surface area contributed by atoms with Crippen molar-refractivity contribution in [3.05, 3.63) is 70.2 Å². The normalized spacial score (nSPS) is 18.9. The van der Waals surface area contributed by atoms with E-state index < -0.39 is 6.04 Å². The fourth-order valence-electron chi connectivity index (χ4n) is 3.74. The van der Waals surface area contributed by atoms with Crippen LogP contribution in [0.1, 0.15) is 43.0 Å². The van der Waals surface area contributed by atoms with E-state index in [0.717, 1.165) is 38.2 Å². The maximum Gasteiger partial charge on any atom is 0.267 e. The molecule has 152 valence electrons. The summed E-state index contributed by atoms with van der Waals surface area (Å²) in [4.78, 5) is 29.4. The summed E-state index contributed by atoms with van der Waals surface area (Å²) in [6, 6.07) is 13.0. The quantitative estimate of drug-likeness (QED) is 0.758. The fraction of sp³-hybridized carbons (Fsp3) is 0.435. The molecule has 0 bridgehead atoms. The van der Waals surface area contributed by atoms with E-state index in [2.05, 4.69) is 34.3 Å². The van der Waals surface area contributed by atoms with Gasteiger partial charge in [0.25, 0.3) is 5.56 Å². The first-order valence-electron chi connectivity index (χ1n) is 10.4. The molecule has 1 saturated carbocycles. The molecule has 1 aliphatic heterocycles. The van der Waals surface area contributed by atoms with E-state index in [-0.39, 0.29) is 11.5 Å². The summed E-state index contributed by atoms with van der Waals surface area (Å²) in [6.45, 7) is 5.68. The molecule has 6 heteroatoms. The molecule has 2 aliphatic rings. The molecule has 6 nitrogen and oxygen atoms in total. The zero-order chi connectivity index (χ0) is 20.2. The maximum absolute atomic E-state index is 12.9. The highest BCUT2D eigenvalue weighted by Crippen LogP contribution is 2.38. The van der Waals surface area contributed by atoms with Crippen LogP contribution in [0.5, 0.6) is 0 Å². The molecule has 1 aliphatic carbocycles. The zero-order valence-electron chi connectivity index (χ0n) is 16.9. The highest BCUT2D eigenvalue weighted by atomic mass is 16.2. The summed E-state index contributed by atoms with van der Waals surface area (Å²) < 4.78 is 1.37. The van der Waals surface area contributed by atoms with Gasteiger partial charge in [-0.1, -0.05) is 42.5 Å². The molecule has 1 amide bonds. The Labute approximate surface area is 171 Å². The Kier molecular flexibility index (Phi) is 5.90. The molecule has 0 radical (unpaired) electrons. The third-order valence-corrected chi connectivity index (χ3v) is 5.72. The van der Waals surface area contributed by atoms with Gasteiger partial charge in [0.15, 0.2) is 0 Å². The molecular weight excluding hydrogens is 364 g/mol. The first kappa shape index (κ1) is 19.6. The lowest BCUT2D eigenvalue weighted by Gasteiger charge is -2.35.